The topological polar surface area (TPSA) is 48.9 Å². The van der Waals surface area contributed by atoms with Gasteiger partial charge in [0, 0.05) is 26.2 Å². The third-order valence-electron chi connectivity index (χ3n) is 4.70. The van der Waals surface area contributed by atoms with Crippen LogP contribution in [0, 0.1) is 0 Å². The van der Waals surface area contributed by atoms with E-state index in [0.29, 0.717) is 12.6 Å². The SMILES string of the molecule is CCN1CCCC1CNC(=NC)NCc1ccc(COC(C)C)cc1.I. The zero-order valence-electron chi connectivity index (χ0n) is 16.6. The van der Waals surface area contributed by atoms with Gasteiger partial charge in [-0.15, -0.1) is 24.0 Å². The number of rotatable bonds is 8. The van der Waals surface area contributed by atoms with E-state index in [1.165, 1.54) is 30.5 Å². The molecule has 1 aromatic carbocycles. The van der Waals surface area contributed by atoms with Crippen molar-refractivity contribution in [3.05, 3.63) is 35.4 Å². The molecule has 0 radical (unpaired) electrons. The van der Waals surface area contributed by atoms with Crippen molar-refractivity contribution in [1.82, 2.24) is 15.5 Å². The first-order valence-electron chi connectivity index (χ1n) is 9.50. The number of likely N-dealkylation sites (tertiary alicyclic amines) is 1. The maximum absolute atomic E-state index is 5.63. The Labute approximate surface area is 176 Å². The number of ether oxygens (including phenoxy) is 1. The van der Waals surface area contributed by atoms with Crippen molar-refractivity contribution in [1.29, 1.82) is 0 Å². The lowest BCUT2D eigenvalue weighted by molar-refractivity contribution is 0.0657. The Morgan fingerprint density at radius 2 is 1.92 bits per heavy atom. The first-order chi connectivity index (χ1) is 12.1. The summed E-state index contributed by atoms with van der Waals surface area (Å²) < 4.78 is 5.63. The third-order valence-corrected chi connectivity index (χ3v) is 4.70. The van der Waals surface area contributed by atoms with Crippen LogP contribution >= 0.6 is 24.0 Å². The van der Waals surface area contributed by atoms with Crippen molar-refractivity contribution in [2.24, 2.45) is 4.99 Å². The minimum absolute atomic E-state index is 0. The second-order valence-electron chi connectivity index (χ2n) is 6.91. The largest absolute Gasteiger partial charge is 0.374 e. The van der Waals surface area contributed by atoms with Gasteiger partial charge >= 0.3 is 0 Å². The highest BCUT2D eigenvalue weighted by Gasteiger charge is 2.22. The van der Waals surface area contributed by atoms with E-state index in [1.54, 1.807) is 0 Å². The third kappa shape index (κ3) is 7.80. The van der Waals surface area contributed by atoms with Gasteiger partial charge in [0.1, 0.15) is 0 Å². The van der Waals surface area contributed by atoms with E-state index >= 15 is 0 Å². The molecule has 26 heavy (non-hydrogen) atoms. The average Bonchev–Trinajstić information content (AvgIpc) is 3.08. The number of nitrogens with zero attached hydrogens (tertiary/aromatic N) is 2. The first kappa shape index (κ1) is 23.2. The molecule has 0 amide bonds. The number of guanidine groups is 1. The van der Waals surface area contributed by atoms with Gasteiger partial charge in [0.15, 0.2) is 5.96 Å². The van der Waals surface area contributed by atoms with E-state index in [4.69, 9.17) is 4.74 Å². The summed E-state index contributed by atoms with van der Waals surface area (Å²) in [5, 5.41) is 6.87. The van der Waals surface area contributed by atoms with Gasteiger partial charge in [0.2, 0.25) is 0 Å². The standard InChI is InChI=1S/C20H34N4O.HI/c1-5-24-12-6-7-19(24)14-23-20(21-4)22-13-17-8-10-18(11-9-17)15-25-16(2)3;/h8-11,16,19H,5-7,12-15H2,1-4H3,(H2,21,22,23);1H. The van der Waals surface area contributed by atoms with Crippen LogP contribution in [0.5, 0.6) is 0 Å². The normalized spacial score (nSPS) is 18.0. The molecular formula is C20H35IN4O. The smallest absolute Gasteiger partial charge is 0.191 e. The Hall–Kier alpha value is -0.860. The van der Waals surface area contributed by atoms with Gasteiger partial charge in [-0.25, -0.2) is 0 Å². The van der Waals surface area contributed by atoms with Crippen LogP contribution in [-0.2, 0) is 17.9 Å². The number of halogens is 1. The summed E-state index contributed by atoms with van der Waals surface area (Å²) in [6, 6.07) is 9.19. The molecule has 1 aliphatic rings. The number of nitrogens with one attached hydrogen (secondary N) is 2. The number of hydrogen-bond donors (Lipinski definition) is 2. The van der Waals surface area contributed by atoms with E-state index in [9.17, 15) is 0 Å². The maximum Gasteiger partial charge on any atom is 0.191 e. The molecule has 1 unspecified atom stereocenters. The fraction of sp³-hybridized carbons (Fsp3) is 0.650. The Morgan fingerprint density at radius 1 is 1.23 bits per heavy atom. The Kier molecular flexibility index (Phi) is 11.2. The Bertz CT molecular complexity index is 533. The predicted molar refractivity (Wildman–Crippen MR) is 120 cm³/mol. The van der Waals surface area contributed by atoms with Crippen molar-refractivity contribution < 1.29 is 4.74 Å². The van der Waals surface area contributed by atoms with Crippen LogP contribution in [0.25, 0.3) is 0 Å². The van der Waals surface area contributed by atoms with Crippen LogP contribution in [-0.4, -0.2) is 49.7 Å². The second-order valence-corrected chi connectivity index (χ2v) is 6.91. The van der Waals surface area contributed by atoms with E-state index in [0.717, 1.165) is 25.6 Å². The number of hydrogen-bond acceptors (Lipinski definition) is 3. The molecule has 5 nitrogen and oxygen atoms in total. The molecule has 0 saturated carbocycles. The molecule has 2 rings (SSSR count). The van der Waals surface area contributed by atoms with Crippen LogP contribution in [0.3, 0.4) is 0 Å². The van der Waals surface area contributed by atoms with Crippen molar-refractivity contribution in [3.8, 4) is 0 Å². The molecule has 1 aromatic rings. The fourth-order valence-electron chi connectivity index (χ4n) is 3.18. The molecule has 1 aliphatic heterocycles. The summed E-state index contributed by atoms with van der Waals surface area (Å²) in [5.74, 6) is 0.871. The highest BCUT2D eigenvalue weighted by atomic mass is 127. The Morgan fingerprint density at radius 3 is 2.54 bits per heavy atom. The quantitative estimate of drug-likeness (QED) is 0.345. The summed E-state index contributed by atoms with van der Waals surface area (Å²) in [5.41, 5.74) is 2.45. The van der Waals surface area contributed by atoms with Crippen LogP contribution in [0.15, 0.2) is 29.3 Å². The summed E-state index contributed by atoms with van der Waals surface area (Å²) in [6.45, 7) is 11.1. The molecule has 1 saturated heterocycles. The average molecular weight is 474 g/mol. The first-order valence-corrected chi connectivity index (χ1v) is 9.50. The molecule has 0 aliphatic carbocycles. The van der Waals surface area contributed by atoms with E-state index in [2.05, 4.69) is 65.6 Å². The number of aliphatic imine (C=N–C) groups is 1. The molecule has 6 heteroatoms. The zero-order valence-corrected chi connectivity index (χ0v) is 19.0. The van der Waals surface area contributed by atoms with Crippen molar-refractivity contribution in [2.45, 2.75) is 58.9 Å². The van der Waals surface area contributed by atoms with Crippen LogP contribution in [0.2, 0.25) is 0 Å². The second kappa shape index (κ2) is 12.5. The van der Waals surface area contributed by atoms with Gasteiger partial charge in [-0.2, -0.15) is 0 Å². The van der Waals surface area contributed by atoms with Gasteiger partial charge in [0.25, 0.3) is 0 Å². The summed E-state index contributed by atoms with van der Waals surface area (Å²) in [6.07, 6.45) is 2.84. The fourth-order valence-corrected chi connectivity index (χ4v) is 3.18. The van der Waals surface area contributed by atoms with Gasteiger partial charge in [-0.3, -0.25) is 9.89 Å². The number of likely N-dealkylation sites (N-methyl/N-ethyl adjacent to an activating group) is 1. The minimum atomic E-state index is 0. The molecule has 1 heterocycles. The van der Waals surface area contributed by atoms with Gasteiger partial charge in [-0.05, 0) is 50.9 Å². The molecule has 2 N–H and O–H groups in total. The van der Waals surface area contributed by atoms with Crippen molar-refractivity contribution in [2.75, 3.05) is 26.7 Å². The monoisotopic (exact) mass is 474 g/mol. The highest BCUT2D eigenvalue weighted by molar-refractivity contribution is 14.0. The maximum atomic E-state index is 5.63. The number of benzene rings is 1. The van der Waals surface area contributed by atoms with E-state index in [1.807, 2.05) is 7.05 Å². The summed E-state index contributed by atoms with van der Waals surface area (Å²) >= 11 is 0. The lowest BCUT2D eigenvalue weighted by Crippen LogP contribution is -2.44. The predicted octanol–water partition coefficient (Wildman–Crippen LogP) is 3.38. The van der Waals surface area contributed by atoms with E-state index in [-0.39, 0.29) is 30.1 Å². The van der Waals surface area contributed by atoms with E-state index < -0.39 is 0 Å². The molecular weight excluding hydrogens is 439 g/mol. The molecule has 1 atom stereocenters. The van der Waals surface area contributed by atoms with Gasteiger partial charge in [0.05, 0.1) is 12.7 Å². The molecule has 148 valence electrons. The lowest BCUT2D eigenvalue weighted by Gasteiger charge is -2.24. The Balaban J connectivity index is 0.00000338. The molecule has 0 spiro atoms. The van der Waals surface area contributed by atoms with Crippen LogP contribution in [0.1, 0.15) is 44.7 Å². The van der Waals surface area contributed by atoms with Crippen LogP contribution < -0.4 is 10.6 Å². The van der Waals surface area contributed by atoms with Gasteiger partial charge in [-0.1, -0.05) is 31.2 Å². The van der Waals surface area contributed by atoms with Crippen LogP contribution in [0.4, 0.5) is 0 Å². The molecule has 0 bridgehead atoms. The zero-order chi connectivity index (χ0) is 18.1. The van der Waals surface area contributed by atoms with Crippen molar-refractivity contribution in [3.63, 3.8) is 0 Å². The van der Waals surface area contributed by atoms with Crippen molar-refractivity contribution >= 4 is 29.9 Å². The summed E-state index contributed by atoms with van der Waals surface area (Å²) in [7, 11) is 1.83. The lowest BCUT2D eigenvalue weighted by atomic mass is 10.1. The van der Waals surface area contributed by atoms with Gasteiger partial charge < -0.3 is 15.4 Å². The molecule has 0 aromatic heterocycles. The summed E-state index contributed by atoms with van der Waals surface area (Å²) in [4.78, 5) is 6.88. The minimum Gasteiger partial charge on any atom is -0.374 e. The molecule has 1 fully saturated rings. The highest BCUT2D eigenvalue weighted by Crippen LogP contribution is 2.15.